The van der Waals surface area contributed by atoms with Gasteiger partial charge in [0.25, 0.3) is 0 Å². The number of hydrogen-bond acceptors (Lipinski definition) is 3. The average Bonchev–Trinajstić information content (AvgIpc) is 2.41. The van der Waals surface area contributed by atoms with Crippen LogP contribution in [0.15, 0.2) is 24.3 Å². The van der Waals surface area contributed by atoms with Gasteiger partial charge in [-0.2, -0.15) is 0 Å². The van der Waals surface area contributed by atoms with Gasteiger partial charge in [0, 0.05) is 10.1 Å². The van der Waals surface area contributed by atoms with Crippen LogP contribution in [0.4, 0.5) is 0 Å². The second-order valence-electron chi connectivity index (χ2n) is 4.63. The highest BCUT2D eigenvalue weighted by Gasteiger charge is 2.29. The molecular weight excluding hydrogens is 341 g/mol. The van der Waals surface area contributed by atoms with Crippen LogP contribution >= 0.6 is 22.6 Å². The van der Waals surface area contributed by atoms with Crippen LogP contribution in [0.3, 0.4) is 0 Å². The molecule has 0 spiro atoms. The Morgan fingerprint density at radius 3 is 2.78 bits per heavy atom. The molecular formula is C14H18INO2. The van der Waals surface area contributed by atoms with Gasteiger partial charge in [-0.3, -0.25) is 9.69 Å². The van der Waals surface area contributed by atoms with Crippen LogP contribution < -0.4 is 0 Å². The smallest absolute Gasteiger partial charge is 0.323 e. The number of esters is 1. The molecule has 1 aliphatic heterocycles. The fraction of sp³-hybridized carbons (Fsp3) is 0.500. The van der Waals surface area contributed by atoms with Crippen molar-refractivity contribution in [1.82, 2.24) is 4.90 Å². The number of methoxy groups -OCH3 is 1. The number of likely N-dealkylation sites (tertiary alicyclic amines) is 1. The average molecular weight is 359 g/mol. The Kier molecular flexibility index (Phi) is 5.00. The third-order valence-electron chi connectivity index (χ3n) is 3.39. The van der Waals surface area contributed by atoms with Gasteiger partial charge in [-0.05, 0) is 59.7 Å². The van der Waals surface area contributed by atoms with Gasteiger partial charge in [0.2, 0.25) is 0 Å². The summed E-state index contributed by atoms with van der Waals surface area (Å²) in [5.41, 5.74) is 1.26. The number of carbonyl (C=O) groups is 1. The minimum absolute atomic E-state index is 0.0666. The summed E-state index contributed by atoms with van der Waals surface area (Å²) in [6, 6.07) is 8.40. The van der Waals surface area contributed by atoms with Crippen LogP contribution in [0.2, 0.25) is 0 Å². The van der Waals surface area contributed by atoms with Crippen molar-refractivity contribution in [3.8, 4) is 0 Å². The van der Waals surface area contributed by atoms with E-state index in [1.807, 2.05) is 0 Å². The molecule has 0 bridgehead atoms. The lowest BCUT2D eigenvalue weighted by molar-refractivity contribution is -0.148. The number of hydrogen-bond donors (Lipinski definition) is 0. The molecule has 0 aromatic heterocycles. The highest BCUT2D eigenvalue weighted by atomic mass is 127. The third kappa shape index (κ3) is 3.45. The molecule has 1 fully saturated rings. The Hall–Kier alpha value is -0.620. The number of rotatable bonds is 3. The summed E-state index contributed by atoms with van der Waals surface area (Å²) in [4.78, 5) is 14.0. The van der Waals surface area contributed by atoms with Crippen molar-refractivity contribution in [2.75, 3.05) is 13.7 Å². The van der Waals surface area contributed by atoms with Crippen LogP contribution in [-0.4, -0.2) is 30.6 Å². The maximum Gasteiger partial charge on any atom is 0.323 e. The second-order valence-corrected chi connectivity index (χ2v) is 5.88. The normalized spacial score (nSPS) is 20.7. The van der Waals surface area contributed by atoms with E-state index < -0.39 is 0 Å². The van der Waals surface area contributed by atoms with Crippen LogP contribution in [0, 0.1) is 3.57 Å². The monoisotopic (exact) mass is 359 g/mol. The summed E-state index contributed by atoms with van der Waals surface area (Å²) in [6.45, 7) is 1.81. The van der Waals surface area contributed by atoms with E-state index in [0.717, 1.165) is 32.4 Å². The van der Waals surface area contributed by atoms with Gasteiger partial charge in [0.05, 0.1) is 7.11 Å². The molecule has 98 valence electrons. The quantitative estimate of drug-likeness (QED) is 0.614. The molecule has 0 saturated carbocycles. The standard InChI is InChI=1S/C14H18INO2/c1-18-14(17)13-4-2-3-9-16(13)10-11-5-7-12(15)8-6-11/h5-8,13H,2-4,9-10H2,1H3. The van der Waals surface area contributed by atoms with Gasteiger partial charge >= 0.3 is 5.97 Å². The first-order valence-electron chi connectivity index (χ1n) is 6.27. The van der Waals surface area contributed by atoms with E-state index in [1.54, 1.807) is 0 Å². The number of nitrogens with zero attached hydrogens (tertiary/aromatic N) is 1. The molecule has 1 aromatic carbocycles. The lowest BCUT2D eigenvalue weighted by atomic mass is 10.0. The SMILES string of the molecule is COC(=O)C1CCCCN1Cc1ccc(I)cc1. The van der Waals surface area contributed by atoms with E-state index in [9.17, 15) is 4.79 Å². The molecule has 0 N–H and O–H groups in total. The lowest BCUT2D eigenvalue weighted by Gasteiger charge is -2.33. The molecule has 1 atom stereocenters. The van der Waals surface area contributed by atoms with Gasteiger partial charge in [0.15, 0.2) is 0 Å². The lowest BCUT2D eigenvalue weighted by Crippen LogP contribution is -2.44. The minimum atomic E-state index is -0.0970. The Balaban J connectivity index is 2.05. The van der Waals surface area contributed by atoms with Crippen molar-refractivity contribution in [2.45, 2.75) is 31.8 Å². The molecule has 18 heavy (non-hydrogen) atoms. The Bertz CT molecular complexity index is 405. The van der Waals surface area contributed by atoms with Gasteiger partial charge in [0.1, 0.15) is 6.04 Å². The molecule has 0 aliphatic carbocycles. The van der Waals surface area contributed by atoms with Crippen molar-refractivity contribution in [1.29, 1.82) is 0 Å². The molecule has 1 saturated heterocycles. The van der Waals surface area contributed by atoms with Crippen molar-refractivity contribution >= 4 is 28.6 Å². The number of carbonyl (C=O) groups excluding carboxylic acids is 1. The number of piperidine rings is 1. The summed E-state index contributed by atoms with van der Waals surface area (Å²) < 4.78 is 6.13. The first-order valence-corrected chi connectivity index (χ1v) is 7.35. The van der Waals surface area contributed by atoms with Gasteiger partial charge in [-0.1, -0.05) is 18.6 Å². The van der Waals surface area contributed by atoms with Crippen molar-refractivity contribution in [2.24, 2.45) is 0 Å². The fourth-order valence-electron chi connectivity index (χ4n) is 2.41. The number of benzene rings is 1. The van der Waals surface area contributed by atoms with E-state index in [0.29, 0.717) is 0 Å². The molecule has 1 aliphatic rings. The number of ether oxygens (including phenoxy) is 1. The molecule has 1 unspecified atom stereocenters. The molecule has 0 amide bonds. The largest absolute Gasteiger partial charge is 0.468 e. The Morgan fingerprint density at radius 1 is 1.39 bits per heavy atom. The molecule has 1 heterocycles. The third-order valence-corrected chi connectivity index (χ3v) is 4.11. The van der Waals surface area contributed by atoms with Crippen molar-refractivity contribution in [3.05, 3.63) is 33.4 Å². The van der Waals surface area contributed by atoms with E-state index in [2.05, 4.69) is 51.8 Å². The van der Waals surface area contributed by atoms with Crippen molar-refractivity contribution in [3.63, 3.8) is 0 Å². The first kappa shape index (κ1) is 13.8. The van der Waals surface area contributed by atoms with Crippen molar-refractivity contribution < 1.29 is 9.53 Å². The summed E-state index contributed by atoms with van der Waals surface area (Å²) in [5.74, 6) is -0.0970. The molecule has 1 aromatic rings. The molecule has 0 radical (unpaired) electrons. The molecule has 4 heteroatoms. The predicted molar refractivity (Wildman–Crippen MR) is 79.2 cm³/mol. The van der Waals surface area contributed by atoms with Crippen LogP contribution in [0.5, 0.6) is 0 Å². The summed E-state index contributed by atoms with van der Waals surface area (Å²) >= 11 is 2.30. The first-order chi connectivity index (χ1) is 8.70. The summed E-state index contributed by atoms with van der Waals surface area (Å²) in [5, 5.41) is 0. The van der Waals surface area contributed by atoms with Crippen LogP contribution in [-0.2, 0) is 16.1 Å². The van der Waals surface area contributed by atoms with E-state index in [4.69, 9.17) is 4.74 Å². The number of halogens is 1. The van der Waals surface area contributed by atoms with Crippen LogP contribution in [0.25, 0.3) is 0 Å². The summed E-state index contributed by atoms with van der Waals surface area (Å²) in [6.07, 6.45) is 3.19. The predicted octanol–water partition coefficient (Wildman–Crippen LogP) is 2.82. The maximum absolute atomic E-state index is 11.8. The Morgan fingerprint density at radius 2 is 2.11 bits per heavy atom. The van der Waals surface area contributed by atoms with Crippen LogP contribution in [0.1, 0.15) is 24.8 Å². The van der Waals surface area contributed by atoms with Gasteiger partial charge in [-0.15, -0.1) is 0 Å². The minimum Gasteiger partial charge on any atom is -0.468 e. The highest BCUT2D eigenvalue weighted by molar-refractivity contribution is 14.1. The zero-order valence-corrected chi connectivity index (χ0v) is 12.7. The Labute approximate surface area is 122 Å². The zero-order valence-electron chi connectivity index (χ0n) is 10.6. The zero-order chi connectivity index (χ0) is 13.0. The van der Waals surface area contributed by atoms with E-state index >= 15 is 0 Å². The van der Waals surface area contributed by atoms with Gasteiger partial charge < -0.3 is 4.74 Å². The highest BCUT2D eigenvalue weighted by Crippen LogP contribution is 2.21. The van der Waals surface area contributed by atoms with Gasteiger partial charge in [-0.25, -0.2) is 0 Å². The van der Waals surface area contributed by atoms with E-state index in [-0.39, 0.29) is 12.0 Å². The molecule has 3 nitrogen and oxygen atoms in total. The van der Waals surface area contributed by atoms with E-state index in [1.165, 1.54) is 16.2 Å². The second kappa shape index (κ2) is 6.52. The topological polar surface area (TPSA) is 29.5 Å². The molecule has 2 rings (SSSR count). The summed E-state index contributed by atoms with van der Waals surface area (Å²) in [7, 11) is 1.47. The fourth-order valence-corrected chi connectivity index (χ4v) is 2.77. The maximum atomic E-state index is 11.8.